The van der Waals surface area contributed by atoms with Crippen LogP contribution in [0, 0.1) is 5.92 Å². The van der Waals surface area contributed by atoms with Crippen molar-refractivity contribution in [2.45, 2.75) is 30.2 Å². The van der Waals surface area contributed by atoms with E-state index in [1.807, 2.05) is 6.92 Å². The van der Waals surface area contributed by atoms with Gasteiger partial charge in [-0.15, -0.1) is 11.3 Å². The maximum absolute atomic E-state index is 13.6. The van der Waals surface area contributed by atoms with Gasteiger partial charge in [0.05, 0.1) is 36.6 Å². The van der Waals surface area contributed by atoms with E-state index in [4.69, 9.17) is 4.74 Å². The van der Waals surface area contributed by atoms with Crippen LogP contribution in [0.15, 0.2) is 58.5 Å². The zero-order valence-electron chi connectivity index (χ0n) is 21.1. The minimum absolute atomic E-state index is 0.0111. The van der Waals surface area contributed by atoms with Crippen LogP contribution >= 0.6 is 11.3 Å². The van der Waals surface area contributed by atoms with Gasteiger partial charge in [0.15, 0.2) is 5.75 Å². The number of hydrogen-bond donors (Lipinski definition) is 2. The molecule has 3 aromatic rings. The van der Waals surface area contributed by atoms with Crippen LogP contribution in [0.3, 0.4) is 0 Å². The summed E-state index contributed by atoms with van der Waals surface area (Å²) in [6.45, 7) is 3.55. The lowest BCUT2D eigenvalue weighted by atomic mass is 9.99. The maximum Gasteiger partial charge on any atom is 0.275 e. The second-order valence-corrected chi connectivity index (χ2v) is 12.3. The van der Waals surface area contributed by atoms with Gasteiger partial charge >= 0.3 is 0 Å². The lowest BCUT2D eigenvalue weighted by Gasteiger charge is -2.38. The van der Waals surface area contributed by atoms with Gasteiger partial charge in [0.2, 0.25) is 0 Å². The molecule has 0 unspecified atom stereocenters. The molecule has 0 fully saturated rings. The number of aliphatic hydroxyl groups excluding tert-OH is 1. The highest BCUT2D eigenvalue weighted by atomic mass is 32.2. The minimum Gasteiger partial charge on any atom is -0.486 e. The van der Waals surface area contributed by atoms with E-state index in [1.165, 1.54) is 36.0 Å². The van der Waals surface area contributed by atoms with Crippen LogP contribution in [0.4, 0.5) is 5.69 Å². The number of fused-ring (bicyclic) bond motifs is 1. The number of ether oxygens (including phenoxy) is 1. The van der Waals surface area contributed by atoms with E-state index < -0.39 is 28.1 Å². The number of benzene rings is 1. The van der Waals surface area contributed by atoms with E-state index in [9.17, 15) is 23.1 Å². The average Bonchev–Trinajstić information content (AvgIpc) is 3.47. The van der Waals surface area contributed by atoms with Crippen molar-refractivity contribution < 1.29 is 27.9 Å². The van der Waals surface area contributed by atoms with Crippen molar-refractivity contribution in [3.8, 4) is 5.75 Å². The van der Waals surface area contributed by atoms with Gasteiger partial charge in [-0.2, -0.15) is 4.31 Å². The number of anilines is 1. The summed E-state index contributed by atoms with van der Waals surface area (Å²) >= 11 is 1.12. The molecule has 0 saturated heterocycles. The largest absolute Gasteiger partial charge is 0.486 e. The van der Waals surface area contributed by atoms with E-state index in [-0.39, 0.29) is 58.4 Å². The molecule has 3 heterocycles. The lowest BCUT2D eigenvalue weighted by molar-refractivity contribution is 0.0388. The molecule has 2 N–H and O–H groups in total. The van der Waals surface area contributed by atoms with Crippen LogP contribution in [-0.2, 0) is 10.0 Å². The number of sulfonamides is 1. The molecular formula is C25H29N5O6S2. The highest BCUT2D eigenvalue weighted by Crippen LogP contribution is 2.35. The van der Waals surface area contributed by atoms with E-state index in [2.05, 4.69) is 15.3 Å². The number of aromatic nitrogens is 2. The standard InChI is InChI=1S/C25H29N5O6S2/c1-16-13-30(17(2)15-31)25(33)18-6-4-7-19(28-24(32)20-12-26-9-10-27-20)23(18)36-21(16)14-29(3)38(34,35)22-8-5-11-37-22/h4-12,16-17,21,31H,13-15H2,1-3H3,(H,28,32)/t16-,17+,21-/m1/s1. The Kier molecular flexibility index (Phi) is 8.41. The predicted octanol–water partition coefficient (Wildman–Crippen LogP) is 2.33. The molecular weight excluding hydrogens is 530 g/mol. The molecule has 0 spiro atoms. The Morgan fingerprint density at radius 3 is 2.76 bits per heavy atom. The first-order valence-corrected chi connectivity index (χ1v) is 14.2. The monoisotopic (exact) mass is 559 g/mol. The topological polar surface area (TPSA) is 142 Å². The van der Waals surface area contributed by atoms with Crippen LogP contribution in [0.5, 0.6) is 5.75 Å². The SMILES string of the molecule is C[C@@H]1CN([C@@H](C)CO)C(=O)c2cccc(NC(=O)c3cnccn3)c2O[C@@H]1CN(C)S(=O)(=O)c1cccs1. The van der Waals surface area contributed by atoms with Gasteiger partial charge in [-0.3, -0.25) is 14.6 Å². The van der Waals surface area contributed by atoms with Crippen LogP contribution in [-0.4, -0.2) is 83.4 Å². The van der Waals surface area contributed by atoms with Crippen molar-refractivity contribution in [3.63, 3.8) is 0 Å². The molecule has 2 amide bonds. The Balaban J connectivity index is 1.73. The van der Waals surface area contributed by atoms with Crippen molar-refractivity contribution in [1.29, 1.82) is 0 Å². The molecule has 11 nitrogen and oxygen atoms in total. The third-order valence-corrected chi connectivity index (χ3v) is 9.53. The number of carbonyl (C=O) groups excluding carboxylic acids is 2. The van der Waals surface area contributed by atoms with Gasteiger partial charge < -0.3 is 20.1 Å². The van der Waals surface area contributed by atoms with Gasteiger partial charge in [-0.1, -0.05) is 19.1 Å². The highest BCUT2D eigenvalue weighted by molar-refractivity contribution is 7.91. The van der Waals surface area contributed by atoms with Crippen LogP contribution in [0.1, 0.15) is 34.7 Å². The number of likely N-dealkylation sites (N-methyl/N-ethyl adjacent to an activating group) is 1. The fourth-order valence-corrected chi connectivity index (χ4v) is 6.46. The summed E-state index contributed by atoms with van der Waals surface area (Å²) < 4.78 is 34.1. The highest BCUT2D eigenvalue weighted by Gasteiger charge is 2.36. The molecule has 0 saturated carbocycles. The van der Waals surface area contributed by atoms with Gasteiger partial charge in [0, 0.05) is 31.9 Å². The van der Waals surface area contributed by atoms with Crippen molar-refractivity contribution in [2.75, 3.05) is 32.1 Å². The zero-order valence-corrected chi connectivity index (χ0v) is 22.8. The third kappa shape index (κ3) is 5.70. The Bertz CT molecular complexity index is 1380. The molecule has 202 valence electrons. The number of para-hydroxylation sites is 1. The molecule has 3 atom stereocenters. The van der Waals surface area contributed by atoms with Gasteiger partial charge in [-0.05, 0) is 30.5 Å². The molecule has 1 aromatic carbocycles. The second kappa shape index (κ2) is 11.6. The Labute approximate surface area is 225 Å². The molecule has 1 aliphatic rings. The number of nitrogens with one attached hydrogen (secondary N) is 1. The maximum atomic E-state index is 13.6. The van der Waals surface area contributed by atoms with E-state index in [0.717, 1.165) is 11.3 Å². The van der Waals surface area contributed by atoms with Crippen molar-refractivity contribution >= 4 is 38.9 Å². The van der Waals surface area contributed by atoms with Crippen molar-refractivity contribution in [3.05, 3.63) is 65.6 Å². The fraction of sp³-hybridized carbons (Fsp3) is 0.360. The summed E-state index contributed by atoms with van der Waals surface area (Å²) in [7, 11) is -2.28. The summed E-state index contributed by atoms with van der Waals surface area (Å²) in [5.41, 5.74) is 0.485. The van der Waals surface area contributed by atoms with Crippen molar-refractivity contribution in [2.24, 2.45) is 5.92 Å². The number of thiophene rings is 1. The molecule has 2 aromatic heterocycles. The first-order chi connectivity index (χ1) is 18.1. The quantitative estimate of drug-likeness (QED) is 0.428. The second-order valence-electron chi connectivity index (χ2n) is 9.07. The van der Waals surface area contributed by atoms with Gasteiger partial charge in [0.25, 0.3) is 21.8 Å². The smallest absolute Gasteiger partial charge is 0.275 e. The van der Waals surface area contributed by atoms with E-state index in [1.54, 1.807) is 41.5 Å². The van der Waals surface area contributed by atoms with Gasteiger partial charge in [-0.25, -0.2) is 13.4 Å². The Morgan fingerprint density at radius 2 is 2.11 bits per heavy atom. The fourth-order valence-electron chi connectivity index (χ4n) is 4.08. The van der Waals surface area contributed by atoms with Crippen LogP contribution in [0.2, 0.25) is 0 Å². The Hall–Kier alpha value is -3.39. The normalized spacial score (nSPS) is 18.8. The summed E-state index contributed by atoms with van der Waals surface area (Å²) in [6, 6.07) is 7.49. The Morgan fingerprint density at radius 1 is 1.32 bits per heavy atom. The first kappa shape index (κ1) is 27.6. The van der Waals surface area contributed by atoms with Crippen molar-refractivity contribution in [1.82, 2.24) is 19.2 Å². The van der Waals surface area contributed by atoms with Gasteiger partial charge in [0.1, 0.15) is 16.0 Å². The van der Waals surface area contributed by atoms with Crippen LogP contribution < -0.4 is 10.1 Å². The summed E-state index contributed by atoms with van der Waals surface area (Å²) in [5, 5.41) is 14.3. The van der Waals surface area contributed by atoms with E-state index >= 15 is 0 Å². The molecule has 4 rings (SSSR count). The van der Waals surface area contributed by atoms with E-state index in [0.29, 0.717) is 0 Å². The third-order valence-electron chi connectivity index (χ3n) is 6.33. The minimum atomic E-state index is -3.76. The lowest BCUT2D eigenvalue weighted by Crippen LogP contribution is -2.50. The predicted molar refractivity (Wildman–Crippen MR) is 142 cm³/mol. The van der Waals surface area contributed by atoms with Crippen LogP contribution in [0.25, 0.3) is 0 Å². The summed E-state index contributed by atoms with van der Waals surface area (Å²) in [6.07, 6.45) is 3.46. The molecule has 0 aliphatic carbocycles. The zero-order chi connectivity index (χ0) is 27.4. The first-order valence-electron chi connectivity index (χ1n) is 11.9. The molecule has 38 heavy (non-hydrogen) atoms. The number of aliphatic hydroxyl groups is 1. The number of hydrogen-bond acceptors (Lipinski definition) is 9. The number of rotatable bonds is 8. The number of nitrogens with zero attached hydrogens (tertiary/aromatic N) is 4. The molecule has 0 bridgehead atoms. The summed E-state index contributed by atoms with van der Waals surface area (Å²) in [4.78, 5) is 35.9. The number of carbonyl (C=O) groups is 2. The average molecular weight is 560 g/mol. The molecule has 13 heteroatoms. The molecule has 1 aliphatic heterocycles. The number of amides is 2. The summed E-state index contributed by atoms with van der Waals surface area (Å²) in [5.74, 6) is -1.14. The molecule has 0 radical (unpaired) electrons.